The summed E-state index contributed by atoms with van der Waals surface area (Å²) >= 11 is 0. The standard InChI is InChI=1S/C12H17NO3/c1-3-15-12(14)10(2)13-16-9-11-7-5-4-6-8-11/h4-8,10,13H,3,9H2,1-2H3/t10-/m1/s1. The Morgan fingerprint density at radius 1 is 1.38 bits per heavy atom. The Hall–Kier alpha value is -1.39. The number of hydroxylamine groups is 1. The van der Waals surface area contributed by atoms with Crippen LogP contribution in [-0.4, -0.2) is 18.6 Å². The molecule has 0 spiro atoms. The van der Waals surface area contributed by atoms with Gasteiger partial charge in [0.2, 0.25) is 0 Å². The van der Waals surface area contributed by atoms with E-state index in [1.54, 1.807) is 13.8 Å². The highest BCUT2D eigenvalue weighted by molar-refractivity contribution is 5.74. The molecular weight excluding hydrogens is 206 g/mol. The first-order chi connectivity index (χ1) is 7.74. The zero-order valence-corrected chi connectivity index (χ0v) is 9.60. The van der Waals surface area contributed by atoms with Crippen molar-refractivity contribution in [2.45, 2.75) is 26.5 Å². The van der Waals surface area contributed by atoms with E-state index in [4.69, 9.17) is 9.57 Å². The van der Waals surface area contributed by atoms with Crippen molar-refractivity contribution in [3.8, 4) is 0 Å². The normalized spacial score (nSPS) is 12.1. The third kappa shape index (κ3) is 4.42. The van der Waals surface area contributed by atoms with Crippen molar-refractivity contribution >= 4 is 5.97 Å². The fourth-order valence-electron chi connectivity index (χ4n) is 1.14. The van der Waals surface area contributed by atoms with Crippen LogP contribution < -0.4 is 5.48 Å². The van der Waals surface area contributed by atoms with Crippen LogP contribution in [0.4, 0.5) is 0 Å². The fourth-order valence-corrected chi connectivity index (χ4v) is 1.14. The van der Waals surface area contributed by atoms with E-state index >= 15 is 0 Å². The summed E-state index contributed by atoms with van der Waals surface area (Å²) in [5, 5.41) is 0. The summed E-state index contributed by atoms with van der Waals surface area (Å²) in [5.74, 6) is -0.310. The molecule has 0 bridgehead atoms. The molecule has 0 aromatic heterocycles. The lowest BCUT2D eigenvalue weighted by molar-refractivity contribution is -0.149. The summed E-state index contributed by atoms with van der Waals surface area (Å²) in [4.78, 5) is 16.4. The van der Waals surface area contributed by atoms with Crippen molar-refractivity contribution < 1.29 is 14.4 Å². The molecule has 1 aromatic carbocycles. The average molecular weight is 223 g/mol. The van der Waals surface area contributed by atoms with Crippen LogP contribution in [0, 0.1) is 0 Å². The SMILES string of the molecule is CCOC(=O)[C@@H](C)NOCc1ccccc1. The van der Waals surface area contributed by atoms with Gasteiger partial charge in [-0.3, -0.25) is 9.63 Å². The Balaban J connectivity index is 2.23. The number of rotatable bonds is 6. The minimum Gasteiger partial charge on any atom is -0.465 e. The minimum atomic E-state index is -0.455. The molecule has 1 N–H and O–H groups in total. The summed E-state index contributed by atoms with van der Waals surface area (Å²) < 4.78 is 4.82. The van der Waals surface area contributed by atoms with Crippen LogP contribution in [0.25, 0.3) is 0 Å². The molecule has 0 saturated carbocycles. The highest BCUT2D eigenvalue weighted by atomic mass is 16.6. The maximum Gasteiger partial charge on any atom is 0.325 e. The maximum atomic E-state index is 11.2. The second kappa shape index (κ2) is 6.98. The molecule has 0 aliphatic rings. The first-order valence-corrected chi connectivity index (χ1v) is 5.32. The summed E-state index contributed by atoms with van der Waals surface area (Å²) in [6.07, 6.45) is 0. The van der Waals surface area contributed by atoms with Gasteiger partial charge in [0, 0.05) is 0 Å². The van der Waals surface area contributed by atoms with Crippen LogP contribution in [0.2, 0.25) is 0 Å². The van der Waals surface area contributed by atoms with E-state index in [1.807, 2.05) is 30.3 Å². The molecule has 0 aliphatic carbocycles. The minimum absolute atomic E-state index is 0.310. The molecule has 1 rings (SSSR count). The quantitative estimate of drug-likeness (QED) is 0.588. The van der Waals surface area contributed by atoms with E-state index in [0.717, 1.165) is 5.56 Å². The van der Waals surface area contributed by atoms with Crippen LogP contribution in [0.5, 0.6) is 0 Å². The Morgan fingerprint density at radius 2 is 2.06 bits per heavy atom. The molecule has 88 valence electrons. The van der Waals surface area contributed by atoms with Gasteiger partial charge in [-0.05, 0) is 19.4 Å². The number of ether oxygens (including phenoxy) is 1. The van der Waals surface area contributed by atoms with E-state index in [0.29, 0.717) is 13.2 Å². The highest BCUT2D eigenvalue weighted by Gasteiger charge is 2.12. The van der Waals surface area contributed by atoms with Crippen LogP contribution >= 0.6 is 0 Å². The number of carbonyl (C=O) groups is 1. The first kappa shape index (κ1) is 12.7. The molecule has 4 nitrogen and oxygen atoms in total. The van der Waals surface area contributed by atoms with Gasteiger partial charge >= 0.3 is 5.97 Å². The molecule has 0 unspecified atom stereocenters. The van der Waals surface area contributed by atoms with E-state index in [1.165, 1.54) is 0 Å². The van der Waals surface area contributed by atoms with Gasteiger partial charge in [0.05, 0.1) is 13.2 Å². The Kier molecular flexibility index (Phi) is 5.53. The van der Waals surface area contributed by atoms with Gasteiger partial charge in [-0.15, -0.1) is 0 Å². The van der Waals surface area contributed by atoms with Crippen molar-refractivity contribution in [1.82, 2.24) is 5.48 Å². The van der Waals surface area contributed by atoms with E-state index in [9.17, 15) is 4.79 Å². The third-order valence-corrected chi connectivity index (χ3v) is 1.98. The summed E-state index contributed by atoms with van der Waals surface area (Å²) in [6, 6.07) is 9.27. The van der Waals surface area contributed by atoms with Gasteiger partial charge in [-0.25, -0.2) is 0 Å². The number of hydrogen-bond acceptors (Lipinski definition) is 4. The lowest BCUT2D eigenvalue weighted by Crippen LogP contribution is -2.35. The smallest absolute Gasteiger partial charge is 0.325 e. The molecule has 16 heavy (non-hydrogen) atoms. The Morgan fingerprint density at radius 3 is 2.69 bits per heavy atom. The second-order valence-electron chi connectivity index (χ2n) is 3.37. The Bertz CT molecular complexity index is 313. The van der Waals surface area contributed by atoms with Crippen molar-refractivity contribution in [3.05, 3.63) is 35.9 Å². The molecule has 0 saturated heterocycles. The molecule has 1 aromatic rings. The number of hydrogen-bond donors (Lipinski definition) is 1. The topological polar surface area (TPSA) is 47.6 Å². The number of esters is 1. The first-order valence-electron chi connectivity index (χ1n) is 5.32. The number of nitrogens with one attached hydrogen (secondary N) is 1. The highest BCUT2D eigenvalue weighted by Crippen LogP contribution is 1.99. The van der Waals surface area contributed by atoms with Crippen molar-refractivity contribution in [3.63, 3.8) is 0 Å². The van der Waals surface area contributed by atoms with Crippen LogP contribution in [-0.2, 0) is 21.0 Å². The van der Waals surface area contributed by atoms with Crippen LogP contribution in [0.15, 0.2) is 30.3 Å². The number of benzene rings is 1. The monoisotopic (exact) mass is 223 g/mol. The average Bonchev–Trinajstić information content (AvgIpc) is 2.30. The van der Waals surface area contributed by atoms with Gasteiger partial charge in [-0.1, -0.05) is 30.3 Å². The van der Waals surface area contributed by atoms with Gasteiger partial charge in [0.1, 0.15) is 6.04 Å². The predicted molar refractivity (Wildman–Crippen MR) is 60.5 cm³/mol. The zero-order chi connectivity index (χ0) is 11.8. The molecule has 0 aliphatic heterocycles. The van der Waals surface area contributed by atoms with Crippen molar-refractivity contribution in [2.24, 2.45) is 0 Å². The third-order valence-electron chi connectivity index (χ3n) is 1.98. The van der Waals surface area contributed by atoms with E-state index in [-0.39, 0.29) is 5.97 Å². The largest absolute Gasteiger partial charge is 0.465 e. The molecule has 0 radical (unpaired) electrons. The molecule has 0 fully saturated rings. The molecule has 1 atom stereocenters. The Labute approximate surface area is 95.5 Å². The predicted octanol–water partition coefficient (Wildman–Crippen LogP) is 1.66. The van der Waals surface area contributed by atoms with Gasteiger partial charge < -0.3 is 4.74 Å². The number of carbonyl (C=O) groups excluding carboxylic acids is 1. The summed E-state index contributed by atoms with van der Waals surface area (Å²) in [6.45, 7) is 4.27. The maximum absolute atomic E-state index is 11.2. The van der Waals surface area contributed by atoms with Crippen molar-refractivity contribution in [1.29, 1.82) is 0 Å². The van der Waals surface area contributed by atoms with Gasteiger partial charge in [-0.2, -0.15) is 5.48 Å². The summed E-state index contributed by atoms with van der Waals surface area (Å²) in [5.41, 5.74) is 3.69. The van der Waals surface area contributed by atoms with Crippen molar-refractivity contribution in [2.75, 3.05) is 6.61 Å². The molecular formula is C12H17NO3. The zero-order valence-electron chi connectivity index (χ0n) is 9.60. The lowest BCUT2D eigenvalue weighted by Gasteiger charge is -2.12. The van der Waals surface area contributed by atoms with Crippen LogP contribution in [0.3, 0.4) is 0 Å². The van der Waals surface area contributed by atoms with Gasteiger partial charge in [0.25, 0.3) is 0 Å². The molecule has 0 amide bonds. The fraction of sp³-hybridized carbons (Fsp3) is 0.417. The van der Waals surface area contributed by atoms with E-state index in [2.05, 4.69) is 5.48 Å². The molecule has 0 heterocycles. The van der Waals surface area contributed by atoms with Crippen LogP contribution in [0.1, 0.15) is 19.4 Å². The second-order valence-corrected chi connectivity index (χ2v) is 3.37. The van der Waals surface area contributed by atoms with E-state index < -0.39 is 6.04 Å². The summed E-state index contributed by atoms with van der Waals surface area (Å²) in [7, 11) is 0. The molecule has 4 heteroatoms. The van der Waals surface area contributed by atoms with Gasteiger partial charge in [0.15, 0.2) is 0 Å². The lowest BCUT2D eigenvalue weighted by atomic mass is 10.2.